The van der Waals surface area contributed by atoms with Gasteiger partial charge in [-0.25, -0.2) is 8.42 Å². The number of nitrogens with two attached hydrogens (primary N) is 1. The van der Waals surface area contributed by atoms with Crippen molar-refractivity contribution in [3.8, 4) is 0 Å². The van der Waals surface area contributed by atoms with Crippen LogP contribution in [0, 0.1) is 0 Å². The van der Waals surface area contributed by atoms with Crippen molar-refractivity contribution >= 4 is 10.0 Å². The minimum Gasteiger partial charge on any atom is -0.326 e. The van der Waals surface area contributed by atoms with Gasteiger partial charge in [0, 0.05) is 25.3 Å². The number of sulfonamides is 1. The van der Waals surface area contributed by atoms with E-state index in [1.807, 2.05) is 0 Å². The Bertz CT molecular complexity index is 446. The Labute approximate surface area is 95.3 Å². The molecule has 88 valence electrons. The molecule has 0 spiro atoms. The van der Waals surface area contributed by atoms with E-state index in [9.17, 15) is 8.42 Å². The van der Waals surface area contributed by atoms with Crippen molar-refractivity contribution in [1.82, 2.24) is 9.29 Å². The number of aromatic nitrogens is 1. The quantitative estimate of drug-likeness (QED) is 0.804. The number of pyridine rings is 1. The van der Waals surface area contributed by atoms with Crippen molar-refractivity contribution in [2.24, 2.45) is 5.73 Å². The molecule has 2 N–H and O–H groups in total. The van der Waals surface area contributed by atoms with E-state index >= 15 is 0 Å². The first-order valence-corrected chi connectivity index (χ1v) is 6.82. The fourth-order valence-corrected chi connectivity index (χ4v) is 3.30. The van der Waals surface area contributed by atoms with Crippen LogP contribution in [0.1, 0.15) is 12.1 Å². The number of hydrogen-bond acceptors (Lipinski definition) is 4. The first kappa shape index (κ1) is 11.5. The van der Waals surface area contributed by atoms with Crippen molar-refractivity contribution in [2.45, 2.75) is 18.2 Å². The Morgan fingerprint density at radius 2 is 2.31 bits per heavy atom. The Hall–Kier alpha value is -0.980. The van der Waals surface area contributed by atoms with Gasteiger partial charge in [-0.15, -0.1) is 0 Å². The zero-order valence-electron chi connectivity index (χ0n) is 8.91. The summed E-state index contributed by atoms with van der Waals surface area (Å²) in [6, 6.07) is 5.24. The van der Waals surface area contributed by atoms with Crippen molar-refractivity contribution < 1.29 is 8.42 Å². The molecule has 1 aromatic rings. The molecule has 0 bridgehead atoms. The lowest BCUT2D eigenvalue weighted by Crippen LogP contribution is -2.32. The van der Waals surface area contributed by atoms with Crippen LogP contribution < -0.4 is 5.73 Å². The molecule has 1 saturated heterocycles. The molecule has 2 rings (SSSR count). The van der Waals surface area contributed by atoms with Crippen LogP contribution in [0.25, 0.3) is 0 Å². The second kappa shape index (κ2) is 4.48. The number of hydrogen-bond donors (Lipinski definition) is 1. The van der Waals surface area contributed by atoms with Gasteiger partial charge in [-0.05, 0) is 18.6 Å². The van der Waals surface area contributed by atoms with Crippen LogP contribution in [0.3, 0.4) is 0 Å². The van der Waals surface area contributed by atoms with Crippen LogP contribution in [0.2, 0.25) is 0 Å². The SMILES string of the molecule is NC1CCN(S(=O)(=O)Cc2ccccn2)C1. The zero-order chi connectivity index (χ0) is 11.6. The van der Waals surface area contributed by atoms with Crippen molar-refractivity contribution in [3.05, 3.63) is 30.1 Å². The highest BCUT2D eigenvalue weighted by Crippen LogP contribution is 2.15. The smallest absolute Gasteiger partial charge is 0.219 e. The molecule has 1 aliphatic heterocycles. The van der Waals surface area contributed by atoms with E-state index in [4.69, 9.17) is 5.73 Å². The molecular weight excluding hydrogens is 226 g/mol. The maximum atomic E-state index is 12.0. The van der Waals surface area contributed by atoms with Crippen LogP contribution in [-0.4, -0.2) is 36.8 Å². The molecular formula is C10H15N3O2S. The van der Waals surface area contributed by atoms with Crippen LogP contribution in [0.15, 0.2) is 24.4 Å². The Morgan fingerprint density at radius 1 is 1.50 bits per heavy atom. The Balaban J connectivity index is 2.09. The third-order valence-corrected chi connectivity index (χ3v) is 4.42. The van der Waals surface area contributed by atoms with E-state index in [0.29, 0.717) is 18.8 Å². The molecule has 5 nitrogen and oxygen atoms in total. The highest BCUT2D eigenvalue weighted by atomic mass is 32.2. The summed E-state index contributed by atoms with van der Waals surface area (Å²) >= 11 is 0. The molecule has 0 radical (unpaired) electrons. The van der Waals surface area contributed by atoms with E-state index in [1.54, 1.807) is 24.4 Å². The van der Waals surface area contributed by atoms with E-state index in [2.05, 4.69) is 4.98 Å². The lowest BCUT2D eigenvalue weighted by Gasteiger charge is -2.15. The number of nitrogens with zero attached hydrogens (tertiary/aromatic N) is 2. The van der Waals surface area contributed by atoms with Gasteiger partial charge in [-0.3, -0.25) is 4.98 Å². The highest BCUT2D eigenvalue weighted by Gasteiger charge is 2.29. The van der Waals surface area contributed by atoms with Gasteiger partial charge in [-0.2, -0.15) is 4.31 Å². The molecule has 1 fully saturated rings. The van der Waals surface area contributed by atoms with Gasteiger partial charge in [-0.1, -0.05) is 6.07 Å². The molecule has 0 aromatic carbocycles. The van der Waals surface area contributed by atoms with Crippen LogP contribution in [0.4, 0.5) is 0 Å². The van der Waals surface area contributed by atoms with Gasteiger partial charge in [0.2, 0.25) is 10.0 Å². The van der Waals surface area contributed by atoms with Crippen LogP contribution in [0.5, 0.6) is 0 Å². The van der Waals surface area contributed by atoms with Gasteiger partial charge in [0.15, 0.2) is 0 Å². The molecule has 1 atom stereocenters. The summed E-state index contributed by atoms with van der Waals surface area (Å²) in [7, 11) is -3.26. The Kier molecular flexibility index (Phi) is 3.22. The molecule has 0 amide bonds. The maximum absolute atomic E-state index is 12.0. The lowest BCUT2D eigenvalue weighted by molar-refractivity contribution is 0.471. The largest absolute Gasteiger partial charge is 0.326 e. The maximum Gasteiger partial charge on any atom is 0.219 e. The summed E-state index contributed by atoms with van der Waals surface area (Å²) in [5.41, 5.74) is 6.27. The van der Waals surface area contributed by atoms with Gasteiger partial charge < -0.3 is 5.73 Å². The lowest BCUT2D eigenvalue weighted by atomic mass is 10.3. The van der Waals surface area contributed by atoms with Crippen molar-refractivity contribution in [2.75, 3.05) is 13.1 Å². The van der Waals surface area contributed by atoms with Crippen LogP contribution >= 0.6 is 0 Å². The molecule has 1 aromatic heterocycles. The summed E-state index contributed by atoms with van der Waals surface area (Å²) in [4.78, 5) is 4.02. The molecule has 0 aliphatic carbocycles. The topological polar surface area (TPSA) is 76.3 Å². The van der Waals surface area contributed by atoms with Gasteiger partial charge in [0.05, 0.1) is 5.69 Å². The third kappa shape index (κ3) is 2.58. The fourth-order valence-electron chi connectivity index (χ4n) is 1.77. The summed E-state index contributed by atoms with van der Waals surface area (Å²) in [6.45, 7) is 0.950. The third-order valence-electron chi connectivity index (χ3n) is 2.64. The average molecular weight is 241 g/mol. The minimum absolute atomic E-state index is 0.0292. The second-order valence-corrected chi connectivity index (χ2v) is 5.95. The summed E-state index contributed by atoms with van der Waals surface area (Å²) in [5, 5.41) is 0. The minimum atomic E-state index is -3.26. The predicted octanol–water partition coefficient (Wildman–Crippen LogP) is -0.0556. The van der Waals surface area contributed by atoms with Gasteiger partial charge in [0.1, 0.15) is 5.75 Å². The summed E-state index contributed by atoms with van der Waals surface area (Å²) in [5.74, 6) is -0.0411. The predicted molar refractivity (Wildman–Crippen MR) is 61.0 cm³/mol. The normalized spacial score (nSPS) is 22.4. The fraction of sp³-hybridized carbons (Fsp3) is 0.500. The zero-order valence-corrected chi connectivity index (χ0v) is 9.73. The van der Waals surface area contributed by atoms with E-state index in [-0.39, 0.29) is 11.8 Å². The highest BCUT2D eigenvalue weighted by molar-refractivity contribution is 7.88. The van der Waals surface area contributed by atoms with Crippen molar-refractivity contribution in [3.63, 3.8) is 0 Å². The summed E-state index contributed by atoms with van der Waals surface area (Å²) in [6.07, 6.45) is 2.34. The average Bonchev–Trinajstić information content (AvgIpc) is 2.66. The molecule has 0 saturated carbocycles. The van der Waals surface area contributed by atoms with Gasteiger partial charge >= 0.3 is 0 Å². The van der Waals surface area contributed by atoms with E-state index in [1.165, 1.54) is 4.31 Å². The molecule has 16 heavy (non-hydrogen) atoms. The Morgan fingerprint density at radius 3 is 2.88 bits per heavy atom. The van der Waals surface area contributed by atoms with E-state index in [0.717, 1.165) is 6.42 Å². The standard InChI is InChI=1S/C10H15N3O2S/c11-9-4-6-13(7-9)16(14,15)8-10-3-1-2-5-12-10/h1-3,5,9H,4,6-8,11H2. The first-order chi connectivity index (χ1) is 7.58. The monoisotopic (exact) mass is 241 g/mol. The first-order valence-electron chi connectivity index (χ1n) is 5.21. The molecule has 2 heterocycles. The molecule has 1 aliphatic rings. The second-order valence-electron chi connectivity index (χ2n) is 3.98. The summed E-state index contributed by atoms with van der Waals surface area (Å²) < 4.78 is 25.4. The molecule has 1 unspecified atom stereocenters. The van der Waals surface area contributed by atoms with Crippen LogP contribution in [-0.2, 0) is 15.8 Å². The van der Waals surface area contributed by atoms with Crippen molar-refractivity contribution in [1.29, 1.82) is 0 Å². The van der Waals surface area contributed by atoms with Gasteiger partial charge in [0.25, 0.3) is 0 Å². The molecule has 6 heteroatoms. The number of rotatable bonds is 3. The van der Waals surface area contributed by atoms with E-state index < -0.39 is 10.0 Å².